The molecule has 4 rings (SSSR count). The molecule has 3 aromatic carbocycles. The molecule has 2 N–H and O–H groups in total. The Kier molecular flexibility index (Phi) is 11.7. The van der Waals surface area contributed by atoms with E-state index in [-0.39, 0.29) is 33.8 Å². The van der Waals surface area contributed by atoms with Gasteiger partial charge in [-0.25, -0.2) is 9.59 Å². The van der Waals surface area contributed by atoms with Crippen LogP contribution in [0.25, 0.3) is 5.69 Å². The monoisotopic (exact) mass is 682 g/mol. The molecule has 0 aliphatic heterocycles. The molecule has 17 heteroatoms. The third-order valence-electron chi connectivity index (χ3n) is 5.72. The number of carbonyl (C=O) groups is 2. The van der Waals surface area contributed by atoms with Crippen molar-refractivity contribution in [2.75, 3.05) is 12.3 Å². The maximum atomic E-state index is 12.8. The summed E-state index contributed by atoms with van der Waals surface area (Å²) in [5, 5.41) is 14.8. The number of nitrogens with zero attached hydrogens (tertiary/aromatic N) is 3. The predicted molar refractivity (Wildman–Crippen MR) is 160 cm³/mol. The number of hydrogen-bond donors (Lipinski definition) is 1. The van der Waals surface area contributed by atoms with Crippen molar-refractivity contribution in [2.24, 2.45) is 0 Å². The van der Waals surface area contributed by atoms with Crippen LogP contribution in [0.15, 0.2) is 77.7 Å². The average Bonchev–Trinajstić information content (AvgIpc) is 3.01. The SMILES string of the molecule is CCOC(=O)C(C)OC(=O)c1cc(Oc2ccc(C(F)(F)F)cc2Cl)ccc1[N+](=O)[O-].Nc1cnn(-c2ccccc2)c(=O)c1Cl. The Morgan fingerprint density at radius 1 is 1.09 bits per heavy atom. The zero-order chi connectivity index (χ0) is 34.2. The van der Waals surface area contributed by atoms with Crippen LogP contribution in [0.2, 0.25) is 10.0 Å². The fraction of sp³-hybridized carbons (Fsp3) is 0.172. The van der Waals surface area contributed by atoms with E-state index >= 15 is 0 Å². The number of hydrogen-bond acceptors (Lipinski definition) is 10. The number of anilines is 1. The van der Waals surface area contributed by atoms with E-state index < -0.39 is 51.5 Å². The first-order valence-electron chi connectivity index (χ1n) is 12.9. The summed E-state index contributed by atoms with van der Waals surface area (Å²) < 4.78 is 54.4. The van der Waals surface area contributed by atoms with Crippen molar-refractivity contribution in [3.8, 4) is 17.2 Å². The lowest BCUT2D eigenvalue weighted by atomic mass is 10.1. The van der Waals surface area contributed by atoms with Crippen LogP contribution < -0.4 is 16.0 Å². The molecular formula is C29H23Cl2F3N4O8. The molecular weight excluding hydrogens is 660 g/mol. The Morgan fingerprint density at radius 3 is 2.35 bits per heavy atom. The van der Waals surface area contributed by atoms with Gasteiger partial charge < -0.3 is 19.9 Å². The summed E-state index contributed by atoms with van der Waals surface area (Å²) in [5.74, 6) is -2.36. The Hall–Kier alpha value is -5.15. The van der Waals surface area contributed by atoms with Gasteiger partial charge in [-0.15, -0.1) is 0 Å². The van der Waals surface area contributed by atoms with Gasteiger partial charge in [-0.1, -0.05) is 41.4 Å². The molecule has 0 saturated carbocycles. The number of nitro groups is 1. The van der Waals surface area contributed by atoms with Crippen molar-refractivity contribution in [3.63, 3.8) is 0 Å². The summed E-state index contributed by atoms with van der Waals surface area (Å²) >= 11 is 11.6. The average molecular weight is 683 g/mol. The van der Waals surface area contributed by atoms with Gasteiger partial charge in [-0.3, -0.25) is 14.9 Å². The Labute approximate surface area is 268 Å². The number of nitro benzene ring substituents is 1. The van der Waals surface area contributed by atoms with Gasteiger partial charge in [0, 0.05) is 12.1 Å². The van der Waals surface area contributed by atoms with E-state index in [1.807, 2.05) is 18.2 Å². The second-order valence-corrected chi connectivity index (χ2v) is 9.73. The number of ether oxygens (including phenoxy) is 3. The van der Waals surface area contributed by atoms with Crippen molar-refractivity contribution in [1.29, 1.82) is 0 Å². The van der Waals surface area contributed by atoms with Crippen LogP contribution in [0.4, 0.5) is 24.5 Å². The molecule has 242 valence electrons. The summed E-state index contributed by atoms with van der Waals surface area (Å²) in [6.45, 7) is 2.81. The summed E-state index contributed by atoms with van der Waals surface area (Å²) in [6.07, 6.45) is -4.58. The maximum Gasteiger partial charge on any atom is 0.416 e. The number of nitrogens with two attached hydrogens (primary N) is 1. The minimum absolute atomic E-state index is 0.00569. The molecule has 1 heterocycles. The second-order valence-electron chi connectivity index (χ2n) is 8.95. The van der Waals surface area contributed by atoms with Crippen LogP contribution in [0.5, 0.6) is 11.5 Å². The van der Waals surface area contributed by atoms with Crippen molar-refractivity contribution in [2.45, 2.75) is 26.1 Å². The normalized spacial score (nSPS) is 11.5. The Balaban J connectivity index is 0.000000318. The molecule has 0 aliphatic rings. The predicted octanol–water partition coefficient (Wildman–Crippen LogP) is 6.64. The molecule has 1 aromatic heterocycles. The number of benzene rings is 3. The smallest absolute Gasteiger partial charge is 0.416 e. The van der Waals surface area contributed by atoms with E-state index in [2.05, 4.69) is 5.10 Å². The molecule has 4 aromatic rings. The lowest BCUT2D eigenvalue weighted by molar-refractivity contribution is -0.385. The van der Waals surface area contributed by atoms with E-state index in [9.17, 15) is 37.7 Å². The molecule has 0 aliphatic carbocycles. The highest BCUT2D eigenvalue weighted by Crippen LogP contribution is 2.37. The quantitative estimate of drug-likeness (QED) is 0.121. The highest BCUT2D eigenvalue weighted by Gasteiger charge is 2.31. The van der Waals surface area contributed by atoms with Gasteiger partial charge in [0.15, 0.2) is 6.10 Å². The summed E-state index contributed by atoms with van der Waals surface area (Å²) in [4.78, 5) is 46.1. The molecule has 0 radical (unpaired) electrons. The zero-order valence-corrected chi connectivity index (χ0v) is 25.3. The van der Waals surface area contributed by atoms with Crippen LogP contribution in [-0.2, 0) is 20.4 Å². The van der Waals surface area contributed by atoms with Gasteiger partial charge in [0.05, 0.1) is 39.7 Å². The first kappa shape index (κ1) is 35.3. The Bertz CT molecular complexity index is 1800. The Morgan fingerprint density at radius 2 is 1.76 bits per heavy atom. The van der Waals surface area contributed by atoms with E-state index in [0.717, 1.165) is 30.3 Å². The van der Waals surface area contributed by atoms with Crippen LogP contribution in [-0.4, -0.2) is 39.4 Å². The van der Waals surface area contributed by atoms with E-state index in [1.54, 1.807) is 19.1 Å². The first-order valence-corrected chi connectivity index (χ1v) is 13.7. The highest BCUT2D eigenvalue weighted by molar-refractivity contribution is 6.32. The van der Waals surface area contributed by atoms with Gasteiger partial charge in [-0.2, -0.15) is 23.0 Å². The third kappa shape index (κ3) is 8.95. The van der Waals surface area contributed by atoms with Crippen LogP contribution >= 0.6 is 23.2 Å². The van der Waals surface area contributed by atoms with Crippen LogP contribution in [0.1, 0.15) is 29.8 Å². The minimum Gasteiger partial charge on any atom is -0.463 e. The molecule has 1 unspecified atom stereocenters. The van der Waals surface area contributed by atoms with Crippen LogP contribution in [0.3, 0.4) is 0 Å². The number of carbonyl (C=O) groups excluding carboxylic acids is 2. The fourth-order valence-corrected chi connectivity index (χ4v) is 3.87. The number of rotatable bonds is 8. The number of nitrogen functional groups attached to an aromatic ring is 1. The third-order valence-corrected chi connectivity index (χ3v) is 6.40. The largest absolute Gasteiger partial charge is 0.463 e. The lowest BCUT2D eigenvalue weighted by Crippen LogP contribution is -2.26. The molecule has 12 nitrogen and oxygen atoms in total. The number of para-hydroxylation sites is 1. The highest BCUT2D eigenvalue weighted by atomic mass is 35.5. The summed E-state index contributed by atoms with van der Waals surface area (Å²) in [7, 11) is 0. The molecule has 0 spiro atoms. The number of esters is 2. The summed E-state index contributed by atoms with van der Waals surface area (Å²) in [6, 6.07) is 14.4. The van der Waals surface area contributed by atoms with Crippen molar-refractivity contribution in [3.05, 3.63) is 115 Å². The van der Waals surface area contributed by atoms with Gasteiger partial charge in [0.25, 0.3) is 11.2 Å². The molecule has 0 bridgehead atoms. The minimum atomic E-state index is -4.61. The molecule has 1 atom stereocenters. The van der Waals surface area contributed by atoms with Gasteiger partial charge in [-0.05, 0) is 50.2 Å². The number of halogens is 5. The fourth-order valence-electron chi connectivity index (χ4n) is 3.52. The lowest BCUT2D eigenvalue weighted by Gasteiger charge is -2.13. The zero-order valence-electron chi connectivity index (χ0n) is 23.8. The number of aromatic nitrogens is 2. The molecule has 0 fully saturated rings. The standard InChI is InChI=1S/C19H15ClF3NO7.C10H8ClN3O/c1-3-29-17(25)10(2)30-18(26)13-9-12(5-6-15(13)24(27)28)31-16-7-4-11(8-14(16)20)19(21,22)23;11-9-8(12)6-13-14(10(9)15)7-4-2-1-3-5-7/h4-10H,3H2,1-2H3;1-6H,12H2. The first-order chi connectivity index (χ1) is 21.6. The topological polar surface area (TPSA) is 166 Å². The molecule has 46 heavy (non-hydrogen) atoms. The van der Waals surface area contributed by atoms with Crippen molar-refractivity contribution in [1.82, 2.24) is 9.78 Å². The van der Waals surface area contributed by atoms with E-state index in [0.29, 0.717) is 11.8 Å². The van der Waals surface area contributed by atoms with Gasteiger partial charge >= 0.3 is 18.1 Å². The van der Waals surface area contributed by atoms with E-state index in [4.69, 9.17) is 43.1 Å². The molecule has 0 saturated heterocycles. The molecule has 0 amide bonds. The van der Waals surface area contributed by atoms with Crippen molar-refractivity contribution >= 4 is 46.5 Å². The number of alkyl halides is 3. The van der Waals surface area contributed by atoms with E-state index in [1.165, 1.54) is 17.8 Å². The van der Waals surface area contributed by atoms with Crippen LogP contribution in [0, 0.1) is 10.1 Å². The van der Waals surface area contributed by atoms with Crippen molar-refractivity contribution < 1.29 is 41.9 Å². The van der Waals surface area contributed by atoms with Gasteiger partial charge in [0.2, 0.25) is 0 Å². The van der Waals surface area contributed by atoms with Gasteiger partial charge in [0.1, 0.15) is 22.1 Å². The summed E-state index contributed by atoms with van der Waals surface area (Å²) in [5.41, 5.74) is 3.72. The second kappa shape index (κ2) is 15.2. The maximum absolute atomic E-state index is 12.8.